The summed E-state index contributed by atoms with van der Waals surface area (Å²) in [5.41, 5.74) is 0.739. The van der Waals surface area contributed by atoms with Gasteiger partial charge in [-0.25, -0.2) is 9.37 Å². The van der Waals surface area contributed by atoms with Gasteiger partial charge in [0.05, 0.1) is 16.7 Å². The van der Waals surface area contributed by atoms with Crippen LogP contribution in [0.2, 0.25) is 0 Å². The van der Waals surface area contributed by atoms with Gasteiger partial charge < -0.3 is 0 Å². The molecule has 0 amide bonds. The molecular formula is C21H15FN2O2S. The first kappa shape index (κ1) is 17.4. The maximum absolute atomic E-state index is 13.3. The van der Waals surface area contributed by atoms with Crippen molar-refractivity contribution < 1.29 is 9.18 Å². The van der Waals surface area contributed by atoms with Crippen molar-refractivity contribution in [2.45, 2.75) is 5.16 Å². The van der Waals surface area contributed by atoms with Crippen molar-refractivity contribution in [1.29, 1.82) is 0 Å². The second-order valence-corrected chi connectivity index (χ2v) is 7.14. The zero-order chi connectivity index (χ0) is 19.0. The smallest absolute Gasteiger partial charge is 0.261 e. The minimum atomic E-state index is -0.450. The number of thioether (sulfide) groups is 1. The molecule has 1 heterocycles. The Balaban J connectivity index is 1.69. The van der Waals surface area contributed by atoms with E-state index in [1.54, 1.807) is 13.1 Å². The largest absolute Gasteiger partial charge is 0.293 e. The lowest BCUT2D eigenvalue weighted by Crippen LogP contribution is -2.20. The molecule has 0 atom stereocenters. The van der Waals surface area contributed by atoms with E-state index in [4.69, 9.17) is 0 Å². The molecule has 0 aliphatic rings. The lowest BCUT2D eigenvalue weighted by Gasteiger charge is -2.09. The van der Waals surface area contributed by atoms with E-state index in [2.05, 4.69) is 4.98 Å². The number of hydrogen-bond acceptors (Lipinski definition) is 4. The fraction of sp³-hybridized carbons (Fsp3) is 0.0952. The Bertz CT molecular complexity index is 1250. The van der Waals surface area contributed by atoms with Crippen LogP contribution in [-0.2, 0) is 7.05 Å². The van der Waals surface area contributed by atoms with Gasteiger partial charge in [0.15, 0.2) is 10.9 Å². The summed E-state index contributed by atoms with van der Waals surface area (Å²) in [6, 6.07) is 17.1. The van der Waals surface area contributed by atoms with E-state index in [1.807, 2.05) is 36.4 Å². The van der Waals surface area contributed by atoms with Crippen LogP contribution >= 0.6 is 11.8 Å². The number of fused-ring (bicyclic) bond motifs is 2. The molecule has 1 aromatic heterocycles. The Hall–Kier alpha value is -2.99. The zero-order valence-corrected chi connectivity index (χ0v) is 15.3. The number of hydrogen-bond donors (Lipinski definition) is 0. The second-order valence-electron chi connectivity index (χ2n) is 6.20. The van der Waals surface area contributed by atoms with Gasteiger partial charge in [-0.2, -0.15) is 0 Å². The van der Waals surface area contributed by atoms with Crippen LogP contribution in [0.15, 0.2) is 70.6 Å². The molecule has 3 aromatic carbocycles. The van der Waals surface area contributed by atoms with E-state index < -0.39 is 5.82 Å². The van der Waals surface area contributed by atoms with E-state index in [0.717, 1.165) is 10.8 Å². The number of halogens is 1. The number of benzene rings is 3. The average molecular weight is 378 g/mol. The number of ketones is 1. The Morgan fingerprint density at radius 3 is 2.56 bits per heavy atom. The van der Waals surface area contributed by atoms with Gasteiger partial charge in [0.1, 0.15) is 5.82 Å². The fourth-order valence-electron chi connectivity index (χ4n) is 2.94. The van der Waals surface area contributed by atoms with Gasteiger partial charge in [-0.05, 0) is 35.0 Å². The molecule has 6 heteroatoms. The predicted octanol–water partition coefficient (Wildman–Crippen LogP) is 4.20. The highest BCUT2D eigenvalue weighted by Gasteiger charge is 2.13. The number of rotatable bonds is 4. The SMILES string of the molecule is Cn1c(SCC(=O)c2cccc(F)c2)nc2cc3ccccc3cc2c1=O. The fourth-order valence-corrected chi connectivity index (χ4v) is 3.81. The molecule has 0 bridgehead atoms. The molecule has 0 spiro atoms. The average Bonchev–Trinajstić information content (AvgIpc) is 2.68. The van der Waals surface area contributed by atoms with Crippen LogP contribution in [0.4, 0.5) is 4.39 Å². The Labute approximate surface area is 158 Å². The quantitative estimate of drug-likeness (QED) is 0.231. The Morgan fingerprint density at radius 2 is 1.81 bits per heavy atom. The molecule has 27 heavy (non-hydrogen) atoms. The Morgan fingerprint density at radius 1 is 1.07 bits per heavy atom. The van der Waals surface area contributed by atoms with Crippen LogP contribution in [0.1, 0.15) is 10.4 Å². The molecule has 0 N–H and O–H groups in total. The molecule has 0 saturated heterocycles. The highest BCUT2D eigenvalue weighted by Crippen LogP contribution is 2.23. The molecular weight excluding hydrogens is 363 g/mol. The van der Waals surface area contributed by atoms with Crippen molar-refractivity contribution in [1.82, 2.24) is 9.55 Å². The highest BCUT2D eigenvalue weighted by molar-refractivity contribution is 7.99. The van der Waals surface area contributed by atoms with Crippen molar-refractivity contribution in [3.8, 4) is 0 Å². The number of carbonyl (C=O) groups excluding carboxylic acids is 1. The summed E-state index contributed by atoms with van der Waals surface area (Å²) in [4.78, 5) is 29.6. The summed E-state index contributed by atoms with van der Waals surface area (Å²) in [7, 11) is 1.64. The molecule has 0 fully saturated rings. The molecule has 0 radical (unpaired) electrons. The normalized spacial score (nSPS) is 11.2. The minimum Gasteiger partial charge on any atom is -0.293 e. The molecule has 4 nitrogen and oxygen atoms in total. The van der Waals surface area contributed by atoms with Crippen molar-refractivity contribution in [3.63, 3.8) is 0 Å². The maximum Gasteiger partial charge on any atom is 0.261 e. The standard InChI is InChI=1S/C21H15FN2O2S/c1-24-20(26)17-10-13-5-2-3-6-14(13)11-18(17)23-21(24)27-12-19(25)15-7-4-8-16(22)9-15/h2-11H,12H2,1H3. The van der Waals surface area contributed by atoms with E-state index >= 15 is 0 Å². The first-order valence-electron chi connectivity index (χ1n) is 8.34. The third kappa shape index (κ3) is 3.36. The van der Waals surface area contributed by atoms with Crippen molar-refractivity contribution >= 4 is 39.2 Å². The van der Waals surface area contributed by atoms with E-state index in [-0.39, 0.29) is 17.1 Å². The second kappa shape index (κ2) is 6.96. The molecule has 134 valence electrons. The van der Waals surface area contributed by atoms with Gasteiger partial charge in [-0.3, -0.25) is 14.2 Å². The van der Waals surface area contributed by atoms with Gasteiger partial charge in [0.2, 0.25) is 0 Å². The van der Waals surface area contributed by atoms with E-state index in [9.17, 15) is 14.0 Å². The van der Waals surface area contributed by atoms with Crippen molar-refractivity contribution in [2.75, 3.05) is 5.75 Å². The lowest BCUT2D eigenvalue weighted by atomic mass is 10.1. The molecule has 0 unspecified atom stereocenters. The number of aromatic nitrogens is 2. The van der Waals surface area contributed by atoms with Crippen LogP contribution in [-0.4, -0.2) is 21.1 Å². The number of carbonyl (C=O) groups is 1. The Kier molecular flexibility index (Phi) is 4.49. The van der Waals surface area contributed by atoms with Gasteiger partial charge in [-0.1, -0.05) is 48.2 Å². The monoisotopic (exact) mass is 378 g/mol. The number of nitrogens with zero attached hydrogens (tertiary/aromatic N) is 2. The van der Waals surface area contributed by atoms with Gasteiger partial charge in [-0.15, -0.1) is 0 Å². The minimum absolute atomic E-state index is 0.0722. The van der Waals surface area contributed by atoms with Crippen molar-refractivity contribution in [3.05, 3.63) is 82.4 Å². The summed E-state index contributed by atoms with van der Waals surface area (Å²) in [5, 5.41) is 2.97. The van der Waals surface area contributed by atoms with Crippen LogP contribution in [0.3, 0.4) is 0 Å². The zero-order valence-electron chi connectivity index (χ0n) is 14.5. The number of Topliss-reactive ketones (excluding diaryl/α,β-unsaturated/α-hetero) is 1. The van der Waals surface area contributed by atoms with Gasteiger partial charge >= 0.3 is 0 Å². The van der Waals surface area contributed by atoms with Crippen molar-refractivity contribution in [2.24, 2.45) is 7.05 Å². The maximum atomic E-state index is 13.3. The van der Waals surface area contributed by atoms with Gasteiger partial charge in [0, 0.05) is 12.6 Å². The predicted molar refractivity (Wildman–Crippen MR) is 106 cm³/mol. The van der Waals surface area contributed by atoms with Crippen LogP contribution in [0.25, 0.3) is 21.7 Å². The molecule has 0 aliphatic carbocycles. The van der Waals surface area contributed by atoms with E-state index in [0.29, 0.717) is 21.6 Å². The van der Waals surface area contributed by atoms with Crippen LogP contribution in [0.5, 0.6) is 0 Å². The topological polar surface area (TPSA) is 52.0 Å². The highest BCUT2D eigenvalue weighted by atomic mass is 32.2. The first-order chi connectivity index (χ1) is 13.0. The van der Waals surface area contributed by atoms with Gasteiger partial charge in [0.25, 0.3) is 5.56 Å². The third-order valence-corrected chi connectivity index (χ3v) is 5.41. The third-order valence-electron chi connectivity index (χ3n) is 4.38. The summed E-state index contributed by atoms with van der Waals surface area (Å²) < 4.78 is 14.7. The first-order valence-corrected chi connectivity index (χ1v) is 9.32. The lowest BCUT2D eigenvalue weighted by molar-refractivity contribution is 0.102. The summed E-state index contributed by atoms with van der Waals surface area (Å²) in [6.07, 6.45) is 0. The molecule has 0 saturated carbocycles. The molecule has 4 rings (SSSR count). The summed E-state index contributed by atoms with van der Waals surface area (Å²) >= 11 is 1.17. The molecule has 4 aromatic rings. The molecule has 0 aliphatic heterocycles. The summed E-state index contributed by atoms with van der Waals surface area (Å²) in [5.74, 6) is -0.593. The van der Waals surface area contributed by atoms with E-state index in [1.165, 1.54) is 34.5 Å². The van der Waals surface area contributed by atoms with Crippen LogP contribution < -0.4 is 5.56 Å². The summed E-state index contributed by atoms with van der Waals surface area (Å²) in [6.45, 7) is 0. The van der Waals surface area contributed by atoms with Crippen LogP contribution in [0, 0.1) is 5.82 Å².